The quantitative estimate of drug-likeness (QED) is 0.324. The molecule has 0 aromatic heterocycles. The van der Waals surface area contributed by atoms with Gasteiger partial charge in [-0.3, -0.25) is 11.8 Å². The molecule has 0 N–H and O–H groups in total. The first kappa shape index (κ1) is 53.7. The summed E-state index contributed by atoms with van der Waals surface area (Å²) in [5.41, 5.74) is 1.46. The van der Waals surface area contributed by atoms with Gasteiger partial charge in [-0.15, -0.1) is 12.8 Å². The second-order valence-corrected chi connectivity index (χ2v) is 10.8. The van der Waals surface area contributed by atoms with Crippen molar-refractivity contribution in [2.24, 2.45) is 5.92 Å². The third-order valence-electron chi connectivity index (χ3n) is 5.48. The standard InChI is InChI=1S/C12H8N4.C10H10N2.C7H7N2.V.W.4Y/c1-5-3-7-8(11(15)9(5)13)4-6(2)10(14)12(7)16;1-3-4-8-6-5-7(2)9(11)10(8)12;1-4-6(8)7(9)5(2)3;;;;;;/h3-4H,1-2H3;4-6,8H,1-2H3;2H,1,3H3;;;;;;/q2*-4;-3;+2;;;;;. The molecule has 0 aromatic carbocycles. The monoisotopic (exact) mass is 1080 g/mol. The summed E-state index contributed by atoms with van der Waals surface area (Å²) in [6.45, 7) is 15.2. The van der Waals surface area contributed by atoms with Crippen molar-refractivity contribution in [1.82, 2.24) is 0 Å². The van der Waals surface area contributed by atoms with E-state index in [2.05, 4.69) is 6.08 Å². The zero-order valence-electron chi connectivity index (χ0n) is 24.8. The van der Waals surface area contributed by atoms with E-state index in [-0.39, 0.29) is 205 Å². The van der Waals surface area contributed by atoms with Crippen LogP contribution in [0.1, 0.15) is 38.8 Å². The van der Waals surface area contributed by atoms with E-state index in [1.54, 1.807) is 46.8 Å². The van der Waals surface area contributed by atoms with Crippen molar-refractivity contribution >= 4 is 26.7 Å². The van der Waals surface area contributed by atoms with Crippen LogP contribution in [0.15, 0.2) is 35.4 Å². The van der Waals surface area contributed by atoms with Gasteiger partial charge in [0.25, 0.3) is 0 Å². The Morgan fingerprint density at radius 1 is 0.814 bits per heavy atom. The van der Waals surface area contributed by atoms with E-state index in [9.17, 15) is 32.5 Å². The summed E-state index contributed by atoms with van der Waals surface area (Å²) in [4.78, 5) is 0. The molecule has 3 rings (SSSR count). The van der Waals surface area contributed by atoms with E-state index >= 15 is 0 Å². The van der Waals surface area contributed by atoms with Crippen LogP contribution in [0.25, 0.3) is 43.3 Å². The maximum Gasteiger partial charge on any atom is 2.00 e. The van der Waals surface area contributed by atoms with Gasteiger partial charge in [-0.25, -0.2) is 23.8 Å². The molecule has 0 amide bonds. The van der Waals surface area contributed by atoms with Gasteiger partial charge in [-0.2, -0.15) is 28.4 Å². The Labute approximate surface area is 377 Å². The predicted octanol–water partition coefficient (Wildman–Crippen LogP) is 3.06. The van der Waals surface area contributed by atoms with E-state index < -0.39 is 0 Å². The molecule has 0 heterocycles. The molecule has 0 saturated carbocycles. The smallest absolute Gasteiger partial charge is 0 e. The average molecular weight is 1080 g/mol. The van der Waals surface area contributed by atoms with E-state index in [0.717, 1.165) is 23.3 Å². The van der Waals surface area contributed by atoms with E-state index in [4.69, 9.17) is 17.4 Å². The number of allylic oxidation sites excluding steroid dienone is 5. The van der Waals surface area contributed by atoms with Crippen LogP contribution in [-0.2, 0) is 169 Å². The van der Waals surface area contributed by atoms with Gasteiger partial charge in [0.1, 0.15) is 0 Å². The van der Waals surface area contributed by atoms with Gasteiger partial charge in [0.2, 0.25) is 0 Å². The molecular weight excluding hydrogens is 1050 g/mol. The van der Waals surface area contributed by atoms with Gasteiger partial charge in [0.15, 0.2) is 0 Å². The summed E-state index contributed by atoms with van der Waals surface area (Å²) >= 11 is 1.11. The summed E-state index contributed by atoms with van der Waals surface area (Å²) in [5, 5.41) is 75.1. The Kier molecular flexibility index (Phi) is 31.6. The summed E-state index contributed by atoms with van der Waals surface area (Å²) < 4.78 is 0.724. The van der Waals surface area contributed by atoms with Gasteiger partial charge in [0.05, 0.1) is 0 Å². The molecule has 0 fully saturated rings. The fraction of sp³-hybridized carbons (Fsp3) is 0.241. The molecule has 5 radical (unpaired) electrons. The third kappa shape index (κ3) is 15.3. The molecule has 0 saturated heterocycles. The molecule has 0 bridgehead atoms. The minimum atomic E-state index is -0.284. The van der Waals surface area contributed by atoms with Crippen molar-refractivity contribution in [3.63, 3.8) is 0 Å². The second-order valence-electron chi connectivity index (χ2n) is 8.57. The Balaban J connectivity index is -0.000000163. The number of aryl methyl sites for hydroxylation is 2. The zero-order chi connectivity index (χ0) is 29.5. The van der Waals surface area contributed by atoms with Crippen LogP contribution in [-0.4, -0.2) is 26.7 Å². The Morgan fingerprint density at radius 2 is 1.21 bits per heavy atom. The molecular formula is C29H25N8VWY4-9. The fourth-order valence-corrected chi connectivity index (χ4v) is 3.54. The van der Waals surface area contributed by atoms with Crippen LogP contribution in [0.5, 0.6) is 0 Å². The summed E-state index contributed by atoms with van der Waals surface area (Å²) in [6, 6.07) is 3.03. The Morgan fingerprint density at radius 3 is 1.51 bits per heavy atom. The van der Waals surface area contributed by atoms with Crippen LogP contribution < -0.4 is 21.4 Å². The van der Waals surface area contributed by atoms with Crippen LogP contribution in [0.4, 0.5) is 0 Å². The van der Waals surface area contributed by atoms with Crippen molar-refractivity contribution in [3.05, 3.63) is 141 Å². The van der Waals surface area contributed by atoms with E-state index in [0.29, 0.717) is 27.1 Å². The summed E-state index contributed by atoms with van der Waals surface area (Å²) in [7, 11) is 0. The van der Waals surface area contributed by atoms with Crippen LogP contribution in [0, 0.1) is 49.3 Å². The number of hydrogen-bond acceptors (Lipinski definition) is 0. The molecule has 8 nitrogen and oxygen atoms in total. The largest absolute Gasteiger partial charge is 2.00 e. The van der Waals surface area contributed by atoms with Crippen molar-refractivity contribution in [2.75, 3.05) is 0 Å². The molecule has 43 heavy (non-hydrogen) atoms. The zero-order valence-corrected chi connectivity index (χ0v) is 40.5. The van der Waals surface area contributed by atoms with E-state index in [1.165, 1.54) is 19.1 Å². The van der Waals surface area contributed by atoms with Gasteiger partial charge in [-0.05, 0) is 24.3 Å². The van der Waals surface area contributed by atoms with Crippen LogP contribution >= 0.6 is 0 Å². The molecule has 1 unspecified atom stereocenters. The van der Waals surface area contributed by atoms with Gasteiger partial charge < -0.3 is 38.5 Å². The average Bonchev–Trinajstić information content (AvgIpc) is 2.87. The molecule has 14 heteroatoms. The van der Waals surface area contributed by atoms with Crippen molar-refractivity contribution < 1.29 is 169 Å². The summed E-state index contributed by atoms with van der Waals surface area (Å²) in [6.07, 6.45) is 8.12. The topological polar surface area (TPSA) is 178 Å². The molecule has 0 aliphatic heterocycles. The maximum atomic E-state index is 9.74. The van der Waals surface area contributed by atoms with E-state index in [1.807, 2.05) is 6.42 Å². The van der Waals surface area contributed by atoms with Crippen molar-refractivity contribution in [3.8, 4) is 0 Å². The minimum absolute atomic E-state index is 0. The summed E-state index contributed by atoms with van der Waals surface area (Å²) in [5.74, 6) is -0.223. The van der Waals surface area contributed by atoms with Crippen molar-refractivity contribution in [2.45, 2.75) is 41.5 Å². The number of rotatable bonds is 4. The number of nitrogens with zero attached hydrogens (tertiary/aromatic N) is 8. The predicted molar refractivity (Wildman–Crippen MR) is 152 cm³/mol. The van der Waals surface area contributed by atoms with Gasteiger partial charge in [0, 0.05) is 131 Å². The number of hydrogen-bond donors (Lipinski definition) is 0. The van der Waals surface area contributed by atoms with Crippen LogP contribution in [0.2, 0.25) is 0 Å². The maximum absolute atomic E-state index is 9.74. The molecule has 1 atom stereocenters. The normalized spacial score (nSPS) is 12.8. The first-order valence-corrected chi connectivity index (χ1v) is 12.8. The molecule has 0 aromatic rings. The second kappa shape index (κ2) is 25.3. The Bertz CT molecular complexity index is 1610. The minimum Gasteiger partial charge on any atom is 0 e. The fourth-order valence-electron chi connectivity index (χ4n) is 3.19. The first-order chi connectivity index (χ1) is 17.6. The Hall–Kier alpha value is 1.23. The van der Waals surface area contributed by atoms with Crippen LogP contribution in [0.3, 0.4) is 0 Å². The SMILES string of the molecule is C[C-]=CC1[CH-]C=C(C)C(=[N-])C1=[N-].Cc1cc2c(=[N-])c(=[N-])c(C)cc=2c(=[N-])c1=[N-].[CH-]=C(C)C(=[N-])C(=[N-])[C](C)=[W].[V+2].[Y].[Y].[Y].[Y]. The molecule has 0 spiro atoms. The van der Waals surface area contributed by atoms with Gasteiger partial charge in [-0.1, -0.05) is 23.3 Å². The molecule has 213 valence electrons. The van der Waals surface area contributed by atoms with Gasteiger partial charge >= 0.3 is 90.0 Å². The molecule has 3 aliphatic rings. The molecule has 3 aliphatic carbocycles. The van der Waals surface area contributed by atoms with Crippen molar-refractivity contribution in [1.29, 1.82) is 0 Å². The third-order valence-corrected chi connectivity index (χ3v) is 6.18. The first-order valence-electron chi connectivity index (χ1n) is 11.3.